The average Bonchev–Trinajstić information content (AvgIpc) is 2.57. The predicted molar refractivity (Wildman–Crippen MR) is 97.1 cm³/mol. The molecular weight excluding hydrogens is 331 g/mol. The molecule has 0 heterocycles. The molecular formula is C17H19FN2O3S. The molecule has 2 N–H and O–H groups in total. The maximum Gasteiger partial charge on any atom is 0.203 e. The fourth-order valence-electron chi connectivity index (χ4n) is 2.12. The Labute approximate surface area is 145 Å². The third kappa shape index (κ3) is 4.05. The molecule has 5 nitrogen and oxygen atoms in total. The van der Waals surface area contributed by atoms with Crippen molar-refractivity contribution < 1.29 is 18.6 Å². The van der Waals surface area contributed by atoms with Gasteiger partial charge >= 0.3 is 0 Å². The Bertz CT molecular complexity index is 728. The van der Waals surface area contributed by atoms with Crippen molar-refractivity contribution in [3.05, 3.63) is 41.7 Å². The highest BCUT2D eigenvalue weighted by atomic mass is 32.1. The molecule has 0 amide bonds. The molecule has 0 saturated carbocycles. The van der Waals surface area contributed by atoms with Gasteiger partial charge in [0.25, 0.3) is 0 Å². The minimum atomic E-state index is -0.296. The fourth-order valence-corrected chi connectivity index (χ4v) is 2.35. The molecule has 2 rings (SSSR count). The molecule has 0 bridgehead atoms. The number of aryl methyl sites for hydroxylation is 1. The molecule has 0 aromatic heterocycles. The zero-order chi connectivity index (χ0) is 17.7. The van der Waals surface area contributed by atoms with Crippen LogP contribution in [-0.2, 0) is 0 Å². The molecule has 128 valence electrons. The summed E-state index contributed by atoms with van der Waals surface area (Å²) in [6.07, 6.45) is 0. The first-order valence-electron chi connectivity index (χ1n) is 7.12. The standard InChI is InChI=1S/C17H19FN2O3S/c1-10-5-6-11(7-13(10)18)19-17(24)20-12-8-14(21-2)16(23-4)15(9-12)22-3/h5-9H,1-4H3,(H2,19,20,24). The van der Waals surface area contributed by atoms with Crippen molar-refractivity contribution in [3.8, 4) is 17.2 Å². The number of hydrogen-bond acceptors (Lipinski definition) is 4. The van der Waals surface area contributed by atoms with E-state index in [0.717, 1.165) is 0 Å². The van der Waals surface area contributed by atoms with Crippen molar-refractivity contribution in [2.24, 2.45) is 0 Å². The first-order chi connectivity index (χ1) is 11.5. The van der Waals surface area contributed by atoms with Crippen LogP contribution in [0.25, 0.3) is 0 Å². The Kier molecular flexibility index (Phi) is 5.81. The van der Waals surface area contributed by atoms with Gasteiger partial charge in [-0.25, -0.2) is 4.39 Å². The van der Waals surface area contributed by atoms with Gasteiger partial charge in [0, 0.05) is 23.5 Å². The van der Waals surface area contributed by atoms with E-state index in [2.05, 4.69) is 10.6 Å². The number of halogens is 1. The second-order valence-electron chi connectivity index (χ2n) is 4.96. The van der Waals surface area contributed by atoms with Gasteiger partial charge in [-0.1, -0.05) is 6.07 Å². The SMILES string of the molecule is COc1cc(NC(=S)Nc2ccc(C)c(F)c2)cc(OC)c1OC. The first kappa shape index (κ1) is 17.8. The molecule has 0 radical (unpaired) electrons. The van der Waals surface area contributed by atoms with Crippen LogP contribution in [0.2, 0.25) is 0 Å². The smallest absolute Gasteiger partial charge is 0.203 e. The lowest BCUT2D eigenvalue weighted by atomic mass is 10.2. The number of methoxy groups -OCH3 is 3. The summed E-state index contributed by atoms with van der Waals surface area (Å²) < 4.78 is 29.4. The van der Waals surface area contributed by atoms with Gasteiger partial charge in [0.05, 0.1) is 21.3 Å². The van der Waals surface area contributed by atoms with Crippen molar-refractivity contribution in [3.63, 3.8) is 0 Å². The normalized spacial score (nSPS) is 10.0. The van der Waals surface area contributed by atoms with Gasteiger partial charge < -0.3 is 24.8 Å². The average molecular weight is 350 g/mol. The van der Waals surface area contributed by atoms with Crippen LogP contribution in [0.5, 0.6) is 17.2 Å². The van der Waals surface area contributed by atoms with Gasteiger partial charge in [-0.05, 0) is 36.8 Å². The van der Waals surface area contributed by atoms with Crippen LogP contribution in [0.4, 0.5) is 15.8 Å². The van der Waals surface area contributed by atoms with Crippen LogP contribution < -0.4 is 24.8 Å². The van der Waals surface area contributed by atoms with Crippen molar-refractivity contribution >= 4 is 28.7 Å². The summed E-state index contributed by atoms with van der Waals surface area (Å²) in [7, 11) is 4.60. The number of nitrogens with one attached hydrogen (secondary N) is 2. The molecule has 0 atom stereocenters. The van der Waals surface area contributed by atoms with E-state index < -0.39 is 0 Å². The maximum absolute atomic E-state index is 13.6. The Hall–Kier alpha value is -2.54. The van der Waals surface area contributed by atoms with Gasteiger partial charge in [-0.3, -0.25) is 0 Å². The van der Waals surface area contributed by atoms with Crippen LogP contribution in [0.3, 0.4) is 0 Å². The number of anilines is 2. The van der Waals surface area contributed by atoms with Gasteiger partial charge in [-0.15, -0.1) is 0 Å². The molecule has 24 heavy (non-hydrogen) atoms. The van der Waals surface area contributed by atoms with Gasteiger partial charge in [0.1, 0.15) is 5.82 Å². The highest BCUT2D eigenvalue weighted by Crippen LogP contribution is 2.39. The van der Waals surface area contributed by atoms with Crippen molar-refractivity contribution in [2.75, 3.05) is 32.0 Å². The molecule has 0 spiro atoms. The molecule has 0 unspecified atom stereocenters. The molecule has 2 aromatic carbocycles. The number of hydrogen-bond donors (Lipinski definition) is 2. The third-order valence-electron chi connectivity index (χ3n) is 3.35. The van der Waals surface area contributed by atoms with E-state index in [1.807, 2.05) is 0 Å². The number of rotatable bonds is 5. The predicted octanol–water partition coefficient (Wildman–Crippen LogP) is 3.97. The van der Waals surface area contributed by atoms with Crippen LogP contribution in [0.1, 0.15) is 5.56 Å². The van der Waals surface area contributed by atoms with Crippen molar-refractivity contribution in [1.82, 2.24) is 0 Å². The topological polar surface area (TPSA) is 51.8 Å². The summed E-state index contributed by atoms with van der Waals surface area (Å²) in [5.41, 5.74) is 1.78. The number of benzene rings is 2. The summed E-state index contributed by atoms with van der Waals surface area (Å²) in [6, 6.07) is 8.27. The lowest BCUT2D eigenvalue weighted by Gasteiger charge is -2.16. The second-order valence-corrected chi connectivity index (χ2v) is 5.37. The second kappa shape index (κ2) is 7.83. The zero-order valence-corrected chi connectivity index (χ0v) is 14.7. The highest BCUT2D eigenvalue weighted by molar-refractivity contribution is 7.80. The summed E-state index contributed by atoms with van der Waals surface area (Å²) in [4.78, 5) is 0. The van der Waals surface area contributed by atoms with Crippen molar-refractivity contribution in [2.45, 2.75) is 6.92 Å². The van der Waals surface area contributed by atoms with E-state index in [-0.39, 0.29) is 5.82 Å². The molecule has 7 heteroatoms. The van der Waals surface area contributed by atoms with E-state index >= 15 is 0 Å². The minimum Gasteiger partial charge on any atom is -0.493 e. The summed E-state index contributed by atoms with van der Waals surface area (Å²) >= 11 is 5.26. The monoisotopic (exact) mass is 350 g/mol. The Morgan fingerprint density at radius 1 is 0.917 bits per heavy atom. The molecule has 0 aliphatic heterocycles. The van der Waals surface area contributed by atoms with E-state index in [1.54, 1.807) is 31.2 Å². The van der Waals surface area contributed by atoms with E-state index in [1.165, 1.54) is 27.4 Å². The lowest BCUT2D eigenvalue weighted by Crippen LogP contribution is -2.19. The van der Waals surface area contributed by atoms with E-state index in [9.17, 15) is 4.39 Å². The summed E-state index contributed by atoms with van der Waals surface area (Å²) in [5, 5.41) is 6.25. The minimum absolute atomic E-state index is 0.296. The maximum atomic E-state index is 13.6. The summed E-state index contributed by atoms with van der Waals surface area (Å²) in [6.45, 7) is 1.70. The first-order valence-corrected chi connectivity index (χ1v) is 7.53. The summed E-state index contributed by atoms with van der Waals surface area (Å²) in [5.74, 6) is 1.20. The Morgan fingerprint density at radius 3 is 2.00 bits per heavy atom. The lowest BCUT2D eigenvalue weighted by molar-refractivity contribution is 0.324. The van der Waals surface area contributed by atoms with Crippen molar-refractivity contribution in [1.29, 1.82) is 0 Å². The molecule has 0 saturated heterocycles. The van der Waals surface area contributed by atoms with E-state index in [4.69, 9.17) is 26.4 Å². The van der Waals surface area contributed by atoms with Gasteiger partial charge in [-0.2, -0.15) is 0 Å². The fraction of sp³-hybridized carbons (Fsp3) is 0.235. The largest absolute Gasteiger partial charge is 0.493 e. The van der Waals surface area contributed by atoms with Crippen LogP contribution in [0, 0.1) is 12.7 Å². The third-order valence-corrected chi connectivity index (χ3v) is 3.56. The molecule has 2 aromatic rings. The van der Waals surface area contributed by atoms with E-state index in [0.29, 0.717) is 39.3 Å². The zero-order valence-electron chi connectivity index (χ0n) is 13.9. The Morgan fingerprint density at radius 2 is 1.50 bits per heavy atom. The van der Waals surface area contributed by atoms with Crippen LogP contribution in [-0.4, -0.2) is 26.4 Å². The molecule has 0 aliphatic rings. The molecule has 0 aliphatic carbocycles. The number of thiocarbonyl (C=S) groups is 1. The van der Waals surface area contributed by atoms with Gasteiger partial charge in [0.15, 0.2) is 16.6 Å². The quantitative estimate of drug-likeness (QED) is 0.796. The molecule has 0 fully saturated rings. The van der Waals surface area contributed by atoms with Crippen LogP contribution >= 0.6 is 12.2 Å². The highest BCUT2D eigenvalue weighted by Gasteiger charge is 2.13. The van der Waals surface area contributed by atoms with Gasteiger partial charge in [0.2, 0.25) is 5.75 Å². The Balaban J connectivity index is 2.17. The van der Waals surface area contributed by atoms with Crippen LogP contribution in [0.15, 0.2) is 30.3 Å². The number of ether oxygens (including phenoxy) is 3.